The van der Waals surface area contributed by atoms with Crippen molar-refractivity contribution >= 4 is 17.8 Å². The van der Waals surface area contributed by atoms with Gasteiger partial charge < -0.3 is 9.84 Å². The standard InChI is InChI=1S/C18H24N2O5/c1-17(2)13(9-10-18(17,3)16(23)24)15(22)20-19-14(21)11-25-12-7-5-4-6-8-12/h4-8,13H,9-11H2,1-3H3,(H,19,21)(H,20,22)(H,23,24). The molecule has 1 fully saturated rings. The Labute approximate surface area is 146 Å². The molecular formula is C18H24N2O5. The van der Waals surface area contributed by atoms with Crippen LogP contribution in [0.15, 0.2) is 30.3 Å². The number of carboxylic acids is 1. The number of benzene rings is 1. The molecule has 25 heavy (non-hydrogen) atoms. The summed E-state index contributed by atoms with van der Waals surface area (Å²) in [6, 6.07) is 8.86. The molecular weight excluding hydrogens is 324 g/mol. The molecule has 3 N–H and O–H groups in total. The van der Waals surface area contributed by atoms with Crippen molar-refractivity contribution in [1.29, 1.82) is 0 Å². The van der Waals surface area contributed by atoms with E-state index < -0.39 is 28.6 Å². The van der Waals surface area contributed by atoms with Gasteiger partial charge in [0, 0.05) is 5.92 Å². The Bertz CT molecular complexity index is 659. The predicted octanol–water partition coefficient (Wildman–Crippen LogP) is 1.74. The van der Waals surface area contributed by atoms with Gasteiger partial charge >= 0.3 is 5.97 Å². The van der Waals surface area contributed by atoms with Crippen molar-refractivity contribution < 1.29 is 24.2 Å². The Morgan fingerprint density at radius 2 is 1.80 bits per heavy atom. The number of hydrazine groups is 1. The van der Waals surface area contributed by atoms with Gasteiger partial charge in [-0.2, -0.15) is 0 Å². The van der Waals surface area contributed by atoms with Crippen LogP contribution in [0.5, 0.6) is 5.75 Å². The number of carboxylic acid groups (broad SMARTS) is 1. The number of amides is 2. The highest BCUT2D eigenvalue weighted by Gasteiger charge is 2.58. The lowest BCUT2D eigenvalue weighted by molar-refractivity contribution is -0.155. The molecule has 1 aliphatic carbocycles. The minimum atomic E-state index is -0.977. The average Bonchev–Trinajstić information content (AvgIpc) is 2.82. The third-order valence-corrected chi connectivity index (χ3v) is 5.45. The highest BCUT2D eigenvalue weighted by atomic mass is 16.5. The molecule has 2 unspecified atom stereocenters. The molecule has 136 valence electrons. The van der Waals surface area contributed by atoms with Crippen molar-refractivity contribution in [2.24, 2.45) is 16.7 Å². The molecule has 0 radical (unpaired) electrons. The van der Waals surface area contributed by atoms with Gasteiger partial charge in [-0.15, -0.1) is 0 Å². The summed E-state index contributed by atoms with van der Waals surface area (Å²) in [5.41, 5.74) is 2.99. The van der Waals surface area contributed by atoms with Crippen molar-refractivity contribution in [1.82, 2.24) is 10.9 Å². The average molecular weight is 348 g/mol. The van der Waals surface area contributed by atoms with Gasteiger partial charge in [0.1, 0.15) is 5.75 Å². The second-order valence-corrected chi connectivity index (χ2v) is 7.09. The number of carbonyl (C=O) groups excluding carboxylic acids is 2. The normalized spacial score (nSPS) is 24.4. The van der Waals surface area contributed by atoms with E-state index in [1.165, 1.54) is 0 Å². The monoisotopic (exact) mass is 348 g/mol. The second kappa shape index (κ2) is 7.13. The van der Waals surface area contributed by atoms with E-state index in [1.54, 1.807) is 45.0 Å². The van der Waals surface area contributed by atoms with Crippen LogP contribution < -0.4 is 15.6 Å². The lowest BCUT2D eigenvalue weighted by atomic mass is 9.65. The SMILES string of the molecule is CC1(C(=O)O)CCC(C(=O)NNC(=O)COc2ccccc2)C1(C)C. The van der Waals surface area contributed by atoms with E-state index >= 15 is 0 Å². The topological polar surface area (TPSA) is 105 Å². The molecule has 7 heteroatoms. The summed E-state index contributed by atoms with van der Waals surface area (Å²) in [6.07, 6.45) is 0.872. The maximum absolute atomic E-state index is 12.4. The fourth-order valence-corrected chi connectivity index (χ4v) is 3.26. The van der Waals surface area contributed by atoms with Gasteiger partial charge in [-0.25, -0.2) is 0 Å². The number of hydrogen-bond acceptors (Lipinski definition) is 4. The maximum atomic E-state index is 12.4. The molecule has 2 amide bonds. The predicted molar refractivity (Wildman–Crippen MR) is 90.5 cm³/mol. The molecule has 1 aromatic rings. The fraction of sp³-hybridized carbons (Fsp3) is 0.500. The zero-order valence-electron chi connectivity index (χ0n) is 14.7. The van der Waals surface area contributed by atoms with Crippen molar-refractivity contribution in [2.45, 2.75) is 33.6 Å². The maximum Gasteiger partial charge on any atom is 0.309 e. The Morgan fingerprint density at radius 1 is 1.16 bits per heavy atom. The van der Waals surface area contributed by atoms with Gasteiger partial charge in [0.2, 0.25) is 5.91 Å². The van der Waals surface area contributed by atoms with Gasteiger partial charge in [-0.3, -0.25) is 25.2 Å². The van der Waals surface area contributed by atoms with Crippen LogP contribution >= 0.6 is 0 Å². The molecule has 2 rings (SSSR count). The number of para-hydroxylation sites is 1. The molecule has 1 aliphatic rings. The number of hydrogen-bond donors (Lipinski definition) is 3. The second-order valence-electron chi connectivity index (χ2n) is 7.09. The summed E-state index contributed by atoms with van der Waals surface area (Å²) < 4.78 is 5.29. The van der Waals surface area contributed by atoms with Gasteiger partial charge in [0.15, 0.2) is 6.61 Å². The molecule has 0 saturated heterocycles. The Balaban J connectivity index is 1.86. The highest BCUT2D eigenvalue weighted by Crippen LogP contribution is 2.56. The minimum absolute atomic E-state index is 0.231. The molecule has 0 bridgehead atoms. The first-order valence-electron chi connectivity index (χ1n) is 8.18. The van der Waals surface area contributed by atoms with Crippen LogP contribution in [0.25, 0.3) is 0 Å². The van der Waals surface area contributed by atoms with E-state index in [-0.39, 0.29) is 12.5 Å². The van der Waals surface area contributed by atoms with Crippen LogP contribution in [-0.4, -0.2) is 29.5 Å². The lowest BCUT2D eigenvalue weighted by Gasteiger charge is -2.37. The quantitative estimate of drug-likeness (QED) is 0.703. The van der Waals surface area contributed by atoms with E-state index in [4.69, 9.17) is 4.74 Å². The zero-order chi connectivity index (χ0) is 18.7. The van der Waals surface area contributed by atoms with E-state index in [2.05, 4.69) is 10.9 Å². The van der Waals surface area contributed by atoms with Crippen LogP contribution in [-0.2, 0) is 14.4 Å². The van der Waals surface area contributed by atoms with Crippen molar-refractivity contribution in [2.75, 3.05) is 6.61 Å². The van der Waals surface area contributed by atoms with E-state index in [9.17, 15) is 19.5 Å². The summed E-state index contributed by atoms with van der Waals surface area (Å²) in [5, 5.41) is 9.49. The summed E-state index contributed by atoms with van der Waals surface area (Å²) in [7, 11) is 0. The van der Waals surface area contributed by atoms with Gasteiger partial charge in [-0.05, 0) is 37.3 Å². The Morgan fingerprint density at radius 3 is 2.36 bits per heavy atom. The first-order chi connectivity index (χ1) is 11.7. The lowest BCUT2D eigenvalue weighted by Crippen LogP contribution is -2.50. The van der Waals surface area contributed by atoms with Crippen molar-refractivity contribution in [3.05, 3.63) is 30.3 Å². The fourth-order valence-electron chi connectivity index (χ4n) is 3.26. The largest absolute Gasteiger partial charge is 0.484 e. The highest BCUT2D eigenvalue weighted by molar-refractivity contribution is 5.86. The Kier molecular flexibility index (Phi) is 5.35. The van der Waals surface area contributed by atoms with Crippen LogP contribution in [0.2, 0.25) is 0 Å². The first-order valence-corrected chi connectivity index (χ1v) is 8.18. The molecule has 2 atom stereocenters. The number of aliphatic carboxylic acids is 1. The van der Waals surface area contributed by atoms with Crippen LogP contribution in [0, 0.1) is 16.7 Å². The van der Waals surface area contributed by atoms with Crippen molar-refractivity contribution in [3.63, 3.8) is 0 Å². The van der Waals surface area contributed by atoms with E-state index in [0.29, 0.717) is 18.6 Å². The summed E-state index contributed by atoms with van der Waals surface area (Å²) in [6.45, 7) is 4.98. The van der Waals surface area contributed by atoms with Crippen LogP contribution in [0.1, 0.15) is 33.6 Å². The van der Waals surface area contributed by atoms with Gasteiger partial charge in [0.25, 0.3) is 5.91 Å². The molecule has 7 nitrogen and oxygen atoms in total. The third-order valence-electron chi connectivity index (χ3n) is 5.45. The summed E-state index contributed by atoms with van der Waals surface area (Å²) >= 11 is 0. The summed E-state index contributed by atoms with van der Waals surface area (Å²) in [5.74, 6) is -1.73. The molecule has 0 aliphatic heterocycles. The zero-order valence-corrected chi connectivity index (χ0v) is 14.7. The number of nitrogens with one attached hydrogen (secondary N) is 2. The van der Waals surface area contributed by atoms with Crippen LogP contribution in [0.4, 0.5) is 0 Å². The molecule has 0 aromatic heterocycles. The number of carbonyl (C=O) groups is 3. The first kappa shape index (κ1) is 18.8. The molecule has 0 heterocycles. The summed E-state index contributed by atoms with van der Waals surface area (Å²) in [4.78, 5) is 35.8. The molecule has 1 saturated carbocycles. The molecule has 0 spiro atoms. The van der Waals surface area contributed by atoms with Crippen molar-refractivity contribution in [3.8, 4) is 5.75 Å². The van der Waals surface area contributed by atoms with E-state index in [1.807, 2.05) is 6.07 Å². The number of rotatable bonds is 5. The minimum Gasteiger partial charge on any atom is -0.484 e. The molecule has 1 aromatic carbocycles. The Hall–Kier alpha value is -2.57. The van der Waals surface area contributed by atoms with Gasteiger partial charge in [0.05, 0.1) is 5.41 Å². The van der Waals surface area contributed by atoms with Gasteiger partial charge in [-0.1, -0.05) is 32.0 Å². The van der Waals surface area contributed by atoms with Crippen LogP contribution in [0.3, 0.4) is 0 Å². The number of ether oxygens (including phenoxy) is 1. The third kappa shape index (κ3) is 3.75. The van der Waals surface area contributed by atoms with E-state index in [0.717, 1.165) is 0 Å². The smallest absolute Gasteiger partial charge is 0.309 e.